The molecule has 0 aromatic heterocycles. The molecule has 0 aromatic rings. The van der Waals surface area contributed by atoms with Gasteiger partial charge < -0.3 is 4.55 Å². The molecule has 1 N–H and O–H groups in total. The van der Waals surface area contributed by atoms with Crippen LogP contribution < -0.4 is 29.6 Å². The molecule has 0 saturated carbocycles. The van der Waals surface area contributed by atoms with Gasteiger partial charge in [0.05, 0.1) is 0 Å². The normalized spacial score (nSPS) is 12.2. The van der Waals surface area contributed by atoms with Crippen molar-refractivity contribution in [2.24, 2.45) is 0 Å². The van der Waals surface area contributed by atoms with Gasteiger partial charge in [0.15, 0.2) is 11.1 Å². The van der Waals surface area contributed by atoms with E-state index in [-0.39, 0.29) is 29.6 Å². The maximum Gasteiger partial charge on any atom is 1.00 e. The van der Waals surface area contributed by atoms with Gasteiger partial charge in [-0.1, -0.05) is 26.2 Å². The first-order valence-corrected chi connectivity index (χ1v) is 4.62. The fraction of sp³-hybridized carbons (Fsp3) is 1.00. The Morgan fingerprint density at radius 2 is 1.90 bits per heavy atom. The molecule has 56 valence electrons. The second kappa shape index (κ2) is 10.1. The second-order valence-corrected chi connectivity index (χ2v) is 3.14. The molecule has 4 heteroatoms. The van der Waals surface area contributed by atoms with E-state index in [1.54, 1.807) is 0 Å². The zero-order valence-electron chi connectivity index (χ0n) is 6.80. The summed E-state index contributed by atoms with van der Waals surface area (Å²) in [4.78, 5) is 0. The minimum Gasteiger partial charge on any atom is -0.306 e. The van der Waals surface area contributed by atoms with Crippen molar-refractivity contribution < 1.29 is 38.3 Å². The van der Waals surface area contributed by atoms with Gasteiger partial charge in [0.25, 0.3) is 0 Å². The van der Waals surface area contributed by atoms with E-state index in [1.807, 2.05) is 0 Å². The molecule has 1 unspecified atom stereocenters. The molecule has 0 fully saturated rings. The van der Waals surface area contributed by atoms with E-state index in [9.17, 15) is 4.21 Å². The van der Waals surface area contributed by atoms with Crippen LogP contribution in [-0.4, -0.2) is 14.5 Å². The van der Waals surface area contributed by atoms with Crippen LogP contribution in [0.5, 0.6) is 0 Å². The van der Waals surface area contributed by atoms with Gasteiger partial charge in [-0.25, -0.2) is 4.21 Å². The molecule has 0 radical (unpaired) electrons. The first-order valence-electron chi connectivity index (χ1n) is 3.35. The summed E-state index contributed by atoms with van der Waals surface area (Å²) in [6.45, 7) is 2.12. The van der Waals surface area contributed by atoms with E-state index < -0.39 is 11.1 Å². The van der Waals surface area contributed by atoms with Crippen LogP contribution in [0.15, 0.2) is 0 Å². The Morgan fingerprint density at radius 1 is 1.30 bits per heavy atom. The van der Waals surface area contributed by atoms with Crippen LogP contribution >= 0.6 is 0 Å². The summed E-state index contributed by atoms with van der Waals surface area (Å²) < 4.78 is 18.4. The SMILES string of the molecule is CCCCCCS(=O)O.[Na+]. The Bertz CT molecular complexity index is 87.8. The second-order valence-electron chi connectivity index (χ2n) is 2.09. The average molecular weight is 173 g/mol. The van der Waals surface area contributed by atoms with Gasteiger partial charge in [0, 0.05) is 5.75 Å². The molecule has 0 bridgehead atoms. The molecule has 0 aliphatic heterocycles. The predicted molar refractivity (Wildman–Crippen MR) is 39.8 cm³/mol. The van der Waals surface area contributed by atoms with Crippen LogP contribution in [0.25, 0.3) is 0 Å². The summed E-state index contributed by atoms with van der Waals surface area (Å²) >= 11 is -1.57. The number of hydrogen-bond donors (Lipinski definition) is 1. The molecule has 0 saturated heterocycles. The van der Waals surface area contributed by atoms with Crippen LogP contribution in [0.3, 0.4) is 0 Å². The first-order chi connectivity index (χ1) is 4.27. The van der Waals surface area contributed by atoms with E-state index >= 15 is 0 Å². The summed E-state index contributed by atoms with van der Waals surface area (Å²) in [5.41, 5.74) is 0. The van der Waals surface area contributed by atoms with Crippen LogP contribution in [0, 0.1) is 0 Å². The summed E-state index contributed by atoms with van der Waals surface area (Å²) in [6.07, 6.45) is 4.33. The zero-order chi connectivity index (χ0) is 7.11. The number of rotatable bonds is 5. The third-order valence-corrected chi connectivity index (χ3v) is 1.81. The van der Waals surface area contributed by atoms with Crippen molar-refractivity contribution >= 4 is 11.1 Å². The van der Waals surface area contributed by atoms with Crippen molar-refractivity contribution in [1.29, 1.82) is 0 Å². The summed E-state index contributed by atoms with van der Waals surface area (Å²) in [7, 11) is 0. The minimum absolute atomic E-state index is 0. The van der Waals surface area contributed by atoms with E-state index in [4.69, 9.17) is 4.55 Å². The standard InChI is InChI=1S/C6H14O2S.Na/c1-2-3-4-5-6-9(7)8;/h2-6H2,1H3,(H,7,8);/q;+1. The molecule has 10 heavy (non-hydrogen) atoms. The average Bonchev–Trinajstić information content (AvgIpc) is 1.80. The zero-order valence-corrected chi connectivity index (χ0v) is 9.62. The van der Waals surface area contributed by atoms with E-state index in [0.717, 1.165) is 12.8 Å². The first kappa shape index (κ1) is 13.7. The monoisotopic (exact) mass is 173 g/mol. The van der Waals surface area contributed by atoms with Crippen LogP contribution in [-0.2, 0) is 11.1 Å². The van der Waals surface area contributed by atoms with Crippen molar-refractivity contribution in [3.8, 4) is 0 Å². The molecule has 0 aliphatic carbocycles. The predicted octanol–water partition coefficient (Wildman–Crippen LogP) is -1.21. The molecule has 0 heterocycles. The quantitative estimate of drug-likeness (QED) is 0.322. The van der Waals surface area contributed by atoms with Crippen molar-refractivity contribution in [2.75, 3.05) is 5.75 Å². The Hall–Kier alpha value is 1.11. The molecule has 1 atom stereocenters. The van der Waals surface area contributed by atoms with Gasteiger partial charge >= 0.3 is 29.6 Å². The molecule has 0 amide bonds. The van der Waals surface area contributed by atoms with Crippen molar-refractivity contribution in [1.82, 2.24) is 0 Å². The van der Waals surface area contributed by atoms with Gasteiger partial charge in [0.1, 0.15) is 0 Å². The van der Waals surface area contributed by atoms with Crippen molar-refractivity contribution in [3.05, 3.63) is 0 Å². The van der Waals surface area contributed by atoms with Crippen LogP contribution in [0.2, 0.25) is 0 Å². The van der Waals surface area contributed by atoms with Crippen LogP contribution in [0.4, 0.5) is 0 Å². The third-order valence-electron chi connectivity index (χ3n) is 1.17. The number of hydrogen-bond acceptors (Lipinski definition) is 1. The molecule has 0 rings (SSSR count). The molecule has 2 nitrogen and oxygen atoms in total. The maximum absolute atomic E-state index is 10.1. The summed E-state index contributed by atoms with van der Waals surface area (Å²) in [6, 6.07) is 0. The van der Waals surface area contributed by atoms with Crippen LogP contribution in [0.1, 0.15) is 32.6 Å². The van der Waals surface area contributed by atoms with E-state index in [2.05, 4.69) is 6.92 Å². The van der Waals surface area contributed by atoms with Gasteiger partial charge in [-0.05, 0) is 6.42 Å². The van der Waals surface area contributed by atoms with Gasteiger partial charge in [-0.15, -0.1) is 0 Å². The third kappa shape index (κ3) is 11.9. The Kier molecular flexibility index (Phi) is 13.8. The maximum atomic E-state index is 10.1. The molecule has 0 aliphatic rings. The fourth-order valence-electron chi connectivity index (χ4n) is 0.652. The summed E-state index contributed by atoms with van der Waals surface area (Å²) in [5, 5.41) is 0. The van der Waals surface area contributed by atoms with E-state index in [1.165, 1.54) is 12.8 Å². The van der Waals surface area contributed by atoms with Gasteiger partial charge in [0.2, 0.25) is 0 Å². The van der Waals surface area contributed by atoms with E-state index in [0.29, 0.717) is 5.75 Å². The van der Waals surface area contributed by atoms with Crippen molar-refractivity contribution in [3.63, 3.8) is 0 Å². The Labute approximate surface area is 87.4 Å². The fourth-order valence-corrected chi connectivity index (χ4v) is 1.10. The molecule has 0 aromatic carbocycles. The van der Waals surface area contributed by atoms with Gasteiger partial charge in [-0.3, -0.25) is 0 Å². The largest absolute Gasteiger partial charge is 1.00 e. The molecule has 0 spiro atoms. The minimum atomic E-state index is -1.57. The molecular formula is C6H14NaO2S+. The van der Waals surface area contributed by atoms with Gasteiger partial charge in [-0.2, -0.15) is 0 Å². The molecular weight excluding hydrogens is 159 g/mol. The topological polar surface area (TPSA) is 37.3 Å². The van der Waals surface area contributed by atoms with Crippen molar-refractivity contribution in [2.45, 2.75) is 32.6 Å². The Balaban J connectivity index is 0. The Morgan fingerprint density at radius 3 is 2.30 bits per heavy atom. The number of unbranched alkanes of at least 4 members (excludes halogenated alkanes) is 3. The smallest absolute Gasteiger partial charge is 0.306 e. The summed E-state index contributed by atoms with van der Waals surface area (Å²) in [5.74, 6) is 0.444.